The number of aliphatic hydroxyl groups is 1. The molecule has 0 aliphatic heterocycles. The molecule has 0 aliphatic rings. The largest absolute Gasteiger partial charge is 0.493 e. The van der Waals surface area contributed by atoms with E-state index in [1.165, 1.54) is 0 Å². The molecule has 3 aromatic rings. The van der Waals surface area contributed by atoms with Crippen LogP contribution in [0.1, 0.15) is 18.9 Å². The van der Waals surface area contributed by atoms with Gasteiger partial charge in [0, 0.05) is 32.8 Å². The van der Waals surface area contributed by atoms with Crippen LogP contribution in [0.15, 0.2) is 54.6 Å². The Morgan fingerprint density at radius 2 is 1.72 bits per heavy atom. The lowest BCUT2D eigenvalue weighted by atomic mass is 10.1. The van der Waals surface area contributed by atoms with Crippen LogP contribution in [-0.2, 0) is 18.3 Å². The summed E-state index contributed by atoms with van der Waals surface area (Å²) in [5.41, 5.74) is 2.84. The van der Waals surface area contributed by atoms with Crippen molar-refractivity contribution in [2.45, 2.75) is 26.0 Å². The van der Waals surface area contributed by atoms with Crippen molar-refractivity contribution in [3.63, 3.8) is 0 Å². The number of methoxy groups -OCH3 is 2. The maximum atomic E-state index is 10.4. The Morgan fingerprint density at radius 1 is 1.03 bits per heavy atom. The van der Waals surface area contributed by atoms with Crippen molar-refractivity contribution in [2.75, 3.05) is 33.9 Å². The highest BCUT2D eigenvalue weighted by molar-refractivity contribution is 5.65. The number of benzene rings is 2. The molecule has 0 bridgehead atoms. The van der Waals surface area contributed by atoms with Crippen molar-refractivity contribution in [1.29, 1.82) is 0 Å². The van der Waals surface area contributed by atoms with Crippen LogP contribution in [0.3, 0.4) is 0 Å². The molecule has 1 heterocycles. The van der Waals surface area contributed by atoms with Crippen molar-refractivity contribution in [3.8, 4) is 28.6 Å². The molecule has 0 fully saturated rings. The fraction of sp³-hybridized carbons (Fsp3) is 0.400. The highest BCUT2D eigenvalue weighted by atomic mass is 16.5. The van der Waals surface area contributed by atoms with Crippen molar-refractivity contribution < 1.29 is 19.3 Å². The minimum absolute atomic E-state index is 0.295. The van der Waals surface area contributed by atoms with Crippen LogP contribution >= 0.6 is 0 Å². The van der Waals surface area contributed by atoms with Gasteiger partial charge in [0.15, 0.2) is 11.5 Å². The van der Waals surface area contributed by atoms with Gasteiger partial charge in [-0.2, -0.15) is 5.10 Å². The Hall–Kier alpha value is -2.87. The number of aliphatic hydroxyl groups excluding tert-OH is 1. The van der Waals surface area contributed by atoms with E-state index < -0.39 is 6.10 Å². The van der Waals surface area contributed by atoms with E-state index in [4.69, 9.17) is 19.3 Å². The van der Waals surface area contributed by atoms with Crippen molar-refractivity contribution in [3.05, 3.63) is 60.2 Å². The SMILES string of the molecule is CCCN(Cc1c(-c2ccccc2)nn(C)c1Oc1ccccc1OC)CC(O)COC. The van der Waals surface area contributed by atoms with E-state index in [1.807, 2.05) is 61.6 Å². The Labute approximate surface area is 190 Å². The maximum Gasteiger partial charge on any atom is 0.222 e. The van der Waals surface area contributed by atoms with E-state index in [9.17, 15) is 5.11 Å². The summed E-state index contributed by atoms with van der Waals surface area (Å²) in [6.45, 7) is 4.33. The van der Waals surface area contributed by atoms with Gasteiger partial charge in [0.25, 0.3) is 0 Å². The zero-order chi connectivity index (χ0) is 22.9. The number of aryl methyl sites for hydroxylation is 1. The first-order chi connectivity index (χ1) is 15.6. The molecule has 0 radical (unpaired) electrons. The molecule has 0 amide bonds. The molecule has 172 valence electrons. The summed E-state index contributed by atoms with van der Waals surface area (Å²) in [6.07, 6.45) is 0.394. The van der Waals surface area contributed by atoms with Crippen LogP contribution in [0.2, 0.25) is 0 Å². The van der Waals surface area contributed by atoms with E-state index in [-0.39, 0.29) is 0 Å². The van der Waals surface area contributed by atoms with E-state index in [0.717, 1.165) is 29.8 Å². The standard InChI is InChI=1S/C25H33N3O4/c1-5-15-28(16-20(29)18-30-3)17-21-24(19-11-7-6-8-12-19)26-27(2)25(21)32-23-14-10-9-13-22(23)31-4/h6-14,20,29H,5,15-18H2,1-4H3. The molecule has 1 unspecified atom stereocenters. The molecule has 0 saturated heterocycles. The molecule has 0 aliphatic carbocycles. The predicted octanol–water partition coefficient (Wildman–Crippen LogP) is 4.11. The number of hydrogen-bond donors (Lipinski definition) is 1. The van der Waals surface area contributed by atoms with Gasteiger partial charge in [-0.3, -0.25) is 4.90 Å². The average molecular weight is 440 g/mol. The van der Waals surface area contributed by atoms with Gasteiger partial charge < -0.3 is 19.3 Å². The summed E-state index contributed by atoms with van der Waals surface area (Å²) in [5, 5.41) is 15.2. The molecule has 2 aromatic carbocycles. The van der Waals surface area contributed by atoms with Crippen LogP contribution in [0.4, 0.5) is 0 Å². The van der Waals surface area contributed by atoms with Crippen molar-refractivity contribution in [1.82, 2.24) is 14.7 Å². The van der Waals surface area contributed by atoms with Crippen molar-refractivity contribution >= 4 is 0 Å². The fourth-order valence-corrected chi connectivity index (χ4v) is 3.78. The molecule has 1 N–H and O–H groups in total. The molecule has 7 nitrogen and oxygen atoms in total. The second kappa shape index (κ2) is 11.7. The zero-order valence-electron chi connectivity index (χ0n) is 19.3. The lowest BCUT2D eigenvalue weighted by Crippen LogP contribution is -2.35. The molecule has 1 aromatic heterocycles. The van der Waals surface area contributed by atoms with Gasteiger partial charge in [-0.05, 0) is 25.1 Å². The van der Waals surface area contributed by atoms with Gasteiger partial charge in [-0.25, -0.2) is 4.68 Å². The lowest BCUT2D eigenvalue weighted by Gasteiger charge is -2.25. The van der Waals surface area contributed by atoms with Gasteiger partial charge in [0.1, 0.15) is 5.69 Å². The van der Waals surface area contributed by atoms with Crippen molar-refractivity contribution in [2.24, 2.45) is 7.05 Å². The van der Waals surface area contributed by atoms with Crippen LogP contribution in [0.5, 0.6) is 17.4 Å². The van der Waals surface area contributed by atoms with Crippen LogP contribution in [-0.4, -0.2) is 59.8 Å². The molecule has 3 rings (SSSR count). The molecular weight excluding hydrogens is 406 g/mol. The predicted molar refractivity (Wildman–Crippen MR) is 125 cm³/mol. The highest BCUT2D eigenvalue weighted by Crippen LogP contribution is 2.37. The first kappa shape index (κ1) is 23.8. The molecule has 32 heavy (non-hydrogen) atoms. The Morgan fingerprint density at radius 3 is 2.38 bits per heavy atom. The third kappa shape index (κ3) is 5.88. The quantitative estimate of drug-likeness (QED) is 0.458. The molecule has 0 saturated carbocycles. The number of rotatable bonds is 12. The highest BCUT2D eigenvalue weighted by Gasteiger charge is 2.23. The first-order valence-corrected chi connectivity index (χ1v) is 10.9. The summed E-state index contributed by atoms with van der Waals surface area (Å²) in [4.78, 5) is 2.21. The summed E-state index contributed by atoms with van der Waals surface area (Å²) in [6, 6.07) is 17.6. The zero-order valence-corrected chi connectivity index (χ0v) is 19.3. The summed E-state index contributed by atoms with van der Waals surface area (Å²) >= 11 is 0. The number of para-hydroxylation sites is 2. The summed E-state index contributed by atoms with van der Waals surface area (Å²) < 4.78 is 18.7. The van der Waals surface area contributed by atoms with Gasteiger partial charge in [-0.15, -0.1) is 0 Å². The number of ether oxygens (including phenoxy) is 3. The average Bonchev–Trinajstić information content (AvgIpc) is 3.10. The minimum atomic E-state index is -0.568. The lowest BCUT2D eigenvalue weighted by molar-refractivity contribution is 0.0357. The third-order valence-corrected chi connectivity index (χ3v) is 5.16. The Balaban J connectivity index is 2.02. The normalized spacial score (nSPS) is 12.2. The van der Waals surface area contributed by atoms with E-state index in [1.54, 1.807) is 18.9 Å². The Bertz CT molecular complexity index is 975. The summed E-state index contributed by atoms with van der Waals surface area (Å²) in [5.74, 6) is 1.93. The molecular formula is C25H33N3O4. The maximum absolute atomic E-state index is 10.4. The number of hydrogen-bond acceptors (Lipinski definition) is 6. The first-order valence-electron chi connectivity index (χ1n) is 10.9. The summed E-state index contributed by atoms with van der Waals surface area (Å²) in [7, 11) is 5.10. The van der Waals surface area contributed by atoms with E-state index in [2.05, 4.69) is 11.8 Å². The molecule has 7 heteroatoms. The monoisotopic (exact) mass is 439 g/mol. The number of aromatic nitrogens is 2. The second-order valence-corrected chi connectivity index (χ2v) is 7.72. The smallest absolute Gasteiger partial charge is 0.222 e. The molecule has 0 spiro atoms. The molecule has 1 atom stereocenters. The third-order valence-electron chi connectivity index (χ3n) is 5.16. The van der Waals surface area contributed by atoms with Crippen LogP contribution < -0.4 is 9.47 Å². The van der Waals surface area contributed by atoms with E-state index in [0.29, 0.717) is 37.1 Å². The van der Waals surface area contributed by atoms with Gasteiger partial charge in [0.2, 0.25) is 5.88 Å². The number of nitrogens with zero attached hydrogens (tertiary/aromatic N) is 3. The van der Waals surface area contributed by atoms with E-state index >= 15 is 0 Å². The minimum Gasteiger partial charge on any atom is -0.493 e. The van der Waals surface area contributed by atoms with Gasteiger partial charge >= 0.3 is 0 Å². The second-order valence-electron chi connectivity index (χ2n) is 7.72. The topological polar surface area (TPSA) is 69.0 Å². The van der Waals surface area contributed by atoms with Gasteiger partial charge in [-0.1, -0.05) is 49.4 Å². The van der Waals surface area contributed by atoms with Crippen LogP contribution in [0.25, 0.3) is 11.3 Å². The van der Waals surface area contributed by atoms with Crippen LogP contribution in [0, 0.1) is 0 Å². The fourth-order valence-electron chi connectivity index (χ4n) is 3.78. The Kier molecular flexibility index (Phi) is 8.67. The van der Waals surface area contributed by atoms with Gasteiger partial charge in [0.05, 0.1) is 25.4 Å².